The van der Waals surface area contributed by atoms with Gasteiger partial charge in [0.15, 0.2) is 0 Å². The van der Waals surface area contributed by atoms with E-state index in [0.717, 1.165) is 15.7 Å². The molecule has 0 saturated heterocycles. The lowest BCUT2D eigenvalue weighted by molar-refractivity contribution is 0.277. The zero-order valence-corrected chi connectivity index (χ0v) is 11.3. The van der Waals surface area contributed by atoms with Crippen molar-refractivity contribution in [3.63, 3.8) is 0 Å². The van der Waals surface area contributed by atoms with Crippen LogP contribution in [0.2, 0.25) is 5.02 Å². The Morgan fingerprint density at radius 3 is 2.47 bits per heavy atom. The Kier molecular flexibility index (Phi) is 3.52. The van der Waals surface area contributed by atoms with Gasteiger partial charge in [-0.1, -0.05) is 23.7 Å². The summed E-state index contributed by atoms with van der Waals surface area (Å²) < 4.78 is 0. The molecule has 0 aliphatic heterocycles. The number of aliphatic hydroxyl groups is 1. The second kappa shape index (κ2) is 4.77. The first kappa shape index (κ1) is 12.6. The molecule has 0 spiro atoms. The summed E-state index contributed by atoms with van der Waals surface area (Å²) >= 11 is 7.46. The van der Waals surface area contributed by atoms with Gasteiger partial charge < -0.3 is 5.11 Å². The molecule has 0 saturated carbocycles. The van der Waals surface area contributed by atoms with Crippen molar-refractivity contribution >= 4 is 22.9 Å². The minimum Gasteiger partial charge on any atom is -0.390 e. The van der Waals surface area contributed by atoms with Crippen molar-refractivity contribution in [2.45, 2.75) is 25.9 Å². The maximum absolute atomic E-state index is 9.05. The van der Waals surface area contributed by atoms with Crippen LogP contribution in [0.25, 0.3) is 0 Å². The molecular weight excluding hydrogens is 254 g/mol. The van der Waals surface area contributed by atoms with Crippen molar-refractivity contribution in [2.24, 2.45) is 0 Å². The van der Waals surface area contributed by atoms with Crippen LogP contribution >= 0.6 is 22.9 Å². The van der Waals surface area contributed by atoms with Crippen molar-refractivity contribution in [2.75, 3.05) is 0 Å². The van der Waals surface area contributed by atoms with E-state index in [1.807, 2.05) is 29.6 Å². The summed E-state index contributed by atoms with van der Waals surface area (Å²) in [5.74, 6) is 0. The van der Waals surface area contributed by atoms with Gasteiger partial charge in [0.1, 0.15) is 5.01 Å². The highest BCUT2D eigenvalue weighted by Gasteiger charge is 2.26. The smallest absolute Gasteiger partial charge is 0.103 e. The zero-order valence-electron chi connectivity index (χ0n) is 9.77. The molecule has 1 aromatic carbocycles. The van der Waals surface area contributed by atoms with Crippen LogP contribution in [0.1, 0.15) is 30.1 Å². The van der Waals surface area contributed by atoms with Crippen LogP contribution in [0.3, 0.4) is 0 Å². The van der Waals surface area contributed by atoms with Gasteiger partial charge in [-0.05, 0) is 31.5 Å². The maximum atomic E-state index is 9.05. The third-order valence-electron chi connectivity index (χ3n) is 2.81. The van der Waals surface area contributed by atoms with Gasteiger partial charge in [-0.3, -0.25) is 0 Å². The molecule has 0 radical (unpaired) electrons. The summed E-state index contributed by atoms with van der Waals surface area (Å²) in [5, 5.41) is 12.7. The van der Waals surface area contributed by atoms with Crippen LogP contribution in [-0.4, -0.2) is 10.1 Å². The summed E-state index contributed by atoms with van der Waals surface area (Å²) in [6, 6.07) is 7.81. The topological polar surface area (TPSA) is 33.1 Å². The summed E-state index contributed by atoms with van der Waals surface area (Å²) in [6.07, 6.45) is 0. The van der Waals surface area contributed by atoms with E-state index < -0.39 is 0 Å². The molecule has 0 amide bonds. The Hall–Kier alpha value is -0.900. The van der Waals surface area contributed by atoms with Crippen LogP contribution in [0, 0.1) is 0 Å². The first-order chi connectivity index (χ1) is 8.04. The number of nitrogens with zero attached hydrogens (tertiary/aromatic N) is 1. The van der Waals surface area contributed by atoms with Crippen LogP contribution < -0.4 is 0 Å². The molecule has 2 rings (SSSR count). The number of halogens is 1. The fourth-order valence-electron chi connectivity index (χ4n) is 1.66. The molecule has 0 aliphatic carbocycles. The third kappa shape index (κ3) is 2.51. The van der Waals surface area contributed by atoms with E-state index in [-0.39, 0.29) is 12.0 Å². The third-order valence-corrected chi connectivity index (χ3v) is 4.28. The Bertz CT molecular complexity index is 504. The van der Waals surface area contributed by atoms with E-state index in [4.69, 9.17) is 16.7 Å². The van der Waals surface area contributed by atoms with Crippen LogP contribution in [0.15, 0.2) is 29.6 Å². The van der Waals surface area contributed by atoms with Crippen molar-refractivity contribution in [1.29, 1.82) is 0 Å². The van der Waals surface area contributed by atoms with Crippen LogP contribution in [0.4, 0.5) is 0 Å². The number of aromatic nitrogens is 1. The summed E-state index contributed by atoms with van der Waals surface area (Å²) in [7, 11) is 0. The average molecular weight is 268 g/mol. The Balaban J connectivity index is 2.37. The van der Waals surface area contributed by atoms with Gasteiger partial charge in [-0.25, -0.2) is 4.98 Å². The van der Waals surface area contributed by atoms with Crippen molar-refractivity contribution in [3.05, 3.63) is 50.9 Å². The lowest BCUT2D eigenvalue weighted by atomic mass is 9.85. The van der Waals surface area contributed by atoms with Crippen LogP contribution in [0.5, 0.6) is 0 Å². The lowest BCUT2D eigenvalue weighted by Crippen LogP contribution is -2.18. The van der Waals surface area contributed by atoms with Gasteiger partial charge in [0.2, 0.25) is 0 Å². The molecule has 4 heteroatoms. The molecule has 0 unspecified atom stereocenters. The predicted molar refractivity (Wildman–Crippen MR) is 71.6 cm³/mol. The Morgan fingerprint density at radius 1 is 1.29 bits per heavy atom. The second-order valence-electron chi connectivity index (χ2n) is 4.43. The summed E-state index contributed by atoms with van der Waals surface area (Å²) in [4.78, 5) is 4.43. The van der Waals surface area contributed by atoms with Crippen molar-refractivity contribution in [3.8, 4) is 0 Å². The molecule has 17 heavy (non-hydrogen) atoms. The highest BCUT2D eigenvalue weighted by Crippen LogP contribution is 2.33. The molecule has 0 atom stereocenters. The number of hydrogen-bond donors (Lipinski definition) is 1. The van der Waals surface area contributed by atoms with E-state index in [2.05, 4.69) is 18.8 Å². The molecule has 0 aliphatic rings. The molecule has 1 heterocycles. The quantitative estimate of drug-likeness (QED) is 0.922. The van der Waals surface area contributed by atoms with E-state index in [9.17, 15) is 0 Å². The second-order valence-corrected chi connectivity index (χ2v) is 5.73. The lowest BCUT2D eigenvalue weighted by Gasteiger charge is -2.22. The zero-order chi connectivity index (χ0) is 12.5. The SMILES string of the molecule is CC(C)(c1ccc(Cl)cc1)c1nc(CO)cs1. The largest absolute Gasteiger partial charge is 0.390 e. The molecule has 2 aromatic rings. The van der Waals surface area contributed by atoms with E-state index in [1.54, 1.807) is 11.3 Å². The first-order valence-electron chi connectivity index (χ1n) is 5.36. The van der Waals surface area contributed by atoms with Crippen molar-refractivity contribution < 1.29 is 5.11 Å². The standard InChI is InChI=1S/C13H14ClNOS/c1-13(2,9-3-5-10(14)6-4-9)12-15-11(7-16)8-17-12/h3-6,8,16H,7H2,1-2H3. The van der Waals surface area contributed by atoms with Gasteiger partial charge in [-0.15, -0.1) is 11.3 Å². The summed E-state index contributed by atoms with van der Waals surface area (Å²) in [6.45, 7) is 4.24. The Labute approximate surface area is 110 Å². The number of hydrogen-bond acceptors (Lipinski definition) is 3. The van der Waals surface area contributed by atoms with Gasteiger partial charge in [0.25, 0.3) is 0 Å². The first-order valence-corrected chi connectivity index (χ1v) is 6.61. The van der Waals surface area contributed by atoms with E-state index >= 15 is 0 Å². The average Bonchev–Trinajstić information content (AvgIpc) is 2.78. The van der Waals surface area contributed by atoms with Gasteiger partial charge >= 0.3 is 0 Å². The highest BCUT2D eigenvalue weighted by molar-refractivity contribution is 7.09. The molecule has 2 nitrogen and oxygen atoms in total. The fraction of sp³-hybridized carbons (Fsp3) is 0.308. The fourth-order valence-corrected chi connectivity index (χ4v) is 2.74. The Morgan fingerprint density at radius 2 is 1.94 bits per heavy atom. The number of aliphatic hydroxyl groups excluding tert-OH is 1. The van der Waals surface area contributed by atoms with Gasteiger partial charge in [0, 0.05) is 15.8 Å². The van der Waals surface area contributed by atoms with Gasteiger partial charge in [-0.2, -0.15) is 0 Å². The summed E-state index contributed by atoms with van der Waals surface area (Å²) in [5.41, 5.74) is 1.73. The minimum absolute atomic E-state index is 0.00675. The molecule has 90 valence electrons. The van der Waals surface area contributed by atoms with Gasteiger partial charge in [0.05, 0.1) is 12.3 Å². The normalized spacial score (nSPS) is 11.8. The predicted octanol–water partition coefficient (Wildman–Crippen LogP) is 3.61. The molecule has 1 aromatic heterocycles. The van der Waals surface area contributed by atoms with E-state index in [0.29, 0.717) is 0 Å². The van der Waals surface area contributed by atoms with E-state index in [1.165, 1.54) is 5.56 Å². The number of benzene rings is 1. The molecule has 1 N–H and O–H groups in total. The number of rotatable bonds is 3. The maximum Gasteiger partial charge on any atom is 0.103 e. The van der Waals surface area contributed by atoms with Crippen LogP contribution in [-0.2, 0) is 12.0 Å². The van der Waals surface area contributed by atoms with Crippen molar-refractivity contribution in [1.82, 2.24) is 4.98 Å². The molecular formula is C13H14ClNOS. The monoisotopic (exact) mass is 267 g/mol. The highest BCUT2D eigenvalue weighted by atomic mass is 35.5. The molecule has 0 bridgehead atoms. The minimum atomic E-state index is -0.164. The number of thiazole rings is 1. The molecule has 0 fully saturated rings.